The Morgan fingerprint density at radius 2 is 2.00 bits per heavy atom. The van der Waals surface area contributed by atoms with Gasteiger partial charge in [-0.15, -0.1) is 11.3 Å². The first-order valence-corrected chi connectivity index (χ1v) is 12.5. The molecule has 0 atom stereocenters. The maximum atomic E-state index is 12.9. The van der Waals surface area contributed by atoms with Crippen molar-refractivity contribution in [2.75, 3.05) is 18.0 Å². The van der Waals surface area contributed by atoms with Crippen LogP contribution in [0.3, 0.4) is 0 Å². The van der Waals surface area contributed by atoms with Crippen LogP contribution in [0.1, 0.15) is 30.6 Å². The normalized spacial score (nSPS) is 16.9. The molecule has 3 aromatic rings. The second-order valence-corrected chi connectivity index (χ2v) is 10.2. The van der Waals surface area contributed by atoms with Gasteiger partial charge in [0.05, 0.1) is 6.54 Å². The van der Waals surface area contributed by atoms with Gasteiger partial charge in [-0.2, -0.15) is 4.98 Å². The summed E-state index contributed by atoms with van der Waals surface area (Å²) in [6.07, 6.45) is 5.12. The van der Waals surface area contributed by atoms with Crippen molar-refractivity contribution in [1.82, 2.24) is 25.2 Å². The zero-order valence-electron chi connectivity index (χ0n) is 17.5. The number of rotatable bonds is 7. The largest absolute Gasteiger partial charge is 0.353 e. The standard InChI is InChI=1S/C21H24N6O3S2/c28-16(22-10-15-2-1-9-31-15)11-27-12-23-18-17(20(27)30)32-21(25-18)26-7-5-13(6-8-26)19(29)24-14-3-4-14/h1-2,9,12-14H,3-8,10-11H2,(H,22,28)(H,24,29). The maximum Gasteiger partial charge on any atom is 0.273 e. The predicted octanol–water partition coefficient (Wildman–Crippen LogP) is 1.73. The van der Waals surface area contributed by atoms with Gasteiger partial charge in [0.15, 0.2) is 10.8 Å². The molecule has 0 spiro atoms. The average molecular weight is 473 g/mol. The first-order chi connectivity index (χ1) is 15.6. The number of thiophene rings is 1. The van der Waals surface area contributed by atoms with E-state index in [-0.39, 0.29) is 29.8 Å². The van der Waals surface area contributed by atoms with Gasteiger partial charge in [0.1, 0.15) is 17.6 Å². The monoisotopic (exact) mass is 472 g/mol. The molecule has 3 aromatic heterocycles. The van der Waals surface area contributed by atoms with Crippen LogP contribution in [0.25, 0.3) is 10.3 Å². The molecular weight excluding hydrogens is 448 g/mol. The smallest absolute Gasteiger partial charge is 0.273 e. The van der Waals surface area contributed by atoms with E-state index in [9.17, 15) is 14.4 Å². The number of nitrogens with zero attached hydrogens (tertiary/aromatic N) is 4. The lowest BCUT2D eigenvalue weighted by molar-refractivity contribution is -0.125. The fourth-order valence-electron chi connectivity index (χ4n) is 3.77. The number of carbonyl (C=O) groups is 2. The molecule has 1 saturated heterocycles. The third-order valence-corrected chi connectivity index (χ3v) is 7.76. The number of hydrogen-bond acceptors (Lipinski definition) is 8. The van der Waals surface area contributed by atoms with Crippen LogP contribution in [0.15, 0.2) is 28.6 Å². The molecule has 4 heterocycles. The summed E-state index contributed by atoms with van der Waals surface area (Å²) < 4.78 is 1.77. The molecule has 0 radical (unpaired) electrons. The van der Waals surface area contributed by atoms with E-state index in [1.54, 1.807) is 11.3 Å². The molecule has 2 aliphatic rings. The third-order valence-electron chi connectivity index (χ3n) is 5.79. The zero-order valence-corrected chi connectivity index (χ0v) is 19.1. The first kappa shape index (κ1) is 21.1. The Balaban J connectivity index is 1.22. The highest BCUT2D eigenvalue weighted by Gasteiger charge is 2.30. The van der Waals surface area contributed by atoms with Gasteiger partial charge in [0, 0.05) is 29.9 Å². The van der Waals surface area contributed by atoms with Crippen LogP contribution >= 0.6 is 22.7 Å². The number of aromatic nitrogens is 3. The number of amides is 2. The molecular formula is C21H24N6O3S2. The van der Waals surface area contributed by atoms with Crippen LogP contribution in [-0.4, -0.2) is 45.5 Å². The van der Waals surface area contributed by atoms with Crippen molar-refractivity contribution < 1.29 is 9.59 Å². The van der Waals surface area contributed by atoms with Gasteiger partial charge in [0.25, 0.3) is 5.56 Å². The summed E-state index contributed by atoms with van der Waals surface area (Å²) in [5.74, 6) is -0.0273. The van der Waals surface area contributed by atoms with E-state index in [4.69, 9.17) is 0 Å². The summed E-state index contributed by atoms with van der Waals surface area (Å²) in [6.45, 7) is 1.81. The SMILES string of the molecule is O=C(Cn1cnc2nc(N3CCC(C(=O)NC4CC4)CC3)sc2c1=O)NCc1cccs1. The van der Waals surface area contributed by atoms with Crippen LogP contribution in [0.4, 0.5) is 5.13 Å². The highest BCUT2D eigenvalue weighted by atomic mass is 32.1. The van der Waals surface area contributed by atoms with Crippen molar-refractivity contribution in [2.24, 2.45) is 5.92 Å². The number of carbonyl (C=O) groups excluding carboxylic acids is 2. The van der Waals surface area contributed by atoms with Crippen LogP contribution in [-0.2, 0) is 22.7 Å². The Morgan fingerprint density at radius 1 is 1.19 bits per heavy atom. The van der Waals surface area contributed by atoms with Crippen molar-refractivity contribution in [2.45, 2.75) is 44.8 Å². The minimum atomic E-state index is -0.260. The van der Waals surface area contributed by atoms with Crippen LogP contribution in [0, 0.1) is 5.92 Å². The molecule has 0 bridgehead atoms. The van der Waals surface area contributed by atoms with E-state index in [0.29, 0.717) is 22.9 Å². The highest BCUT2D eigenvalue weighted by molar-refractivity contribution is 7.22. The number of piperidine rings is 1. The predicted molar refractivity (Wildman–Crippen MR) is 124 cm³/mol. The molecule has 168 valence electrons. The highest BCUT2D eigenvalue weighted by Crippen LogP contribution is 2.30. The van der Waals surface area contributed by atoms with Crippen molar-refractivity contribution in [3.8, 4) is 0 Å². The fraction of sp³-hybridized carbons (Fsp3) is 0.476. The Bertz CT molecular complexity index is 1180. The minimum Gasteiger partial charge on any atom is -0.353 e. The summed E-state index contributed by atoms with van der Waals surface area (Å²) in [7, 11) is 0. The lowest BCUT2D eigenvalue weighted by Gasteiger charge is -2.30. The van der Waals surface area contributed by atoms with Gasteiger partial charge >= 0.3 is 0 Å². The molecule has 2 fully saturated rings. The lowest BCUT2D eigenvalue weighted by atomic mass is 9.96. The van der Waals surface area contributed by atoms with Crippen LogP contribution < -0.4 is 21.1 Å². The third kappa shape index (κ3) is 4.68. The lowest BCUT2D eigenvalue weighted by Crippen LogP contribution is -2.41. The Hall–Kier alpha value is -2.79. The van der Waals surface area contributed by atoms with E-state index in [2.05, 4.69) is 25.5 Å². The van der Waals surface area contributed by atoms with E-state index in [0.717, 1.165) is 48.8 Å². The van der Waals surface area contributed by atoms with Crippen molar-refractivity contribution >= 4 is 50.0 Å². The molecule has 5 rings (SSSR count). The van der Waals surface area contributed by atoms with Crippen molar-refractivity contribution in [3.63, 3.8) is 0 Å². The Morgan fingerprint density at radius 3 is 2.72 bits per heavy atom. The van der Waals surface area contributed by atoms with Crippen molar-refractivity contribution in [1.29, 1.82) is 0 Å². The maximum absolute atomic E-state index is 12.9. The second-order valence-electron chi connectivity index (χ2n) is 8.23. The fourth-order valence-corrected chi connectivity index (χ4v) is 5.44. The number of nitrogens with one attached hydrogen (secondary N) is 2. The number of thiazole rings is 1. The first-order valence-electron chi connectivity index (χ1n) is 10.8. The van der Waals surface area contributed by atoms with Crippen LogP contribution in [0.2, 0.25) is 0 Å². The Kier molecular flexibility index (Phi) is 5.92. The summed E-state index contributed by atoms with van der Waals surface area (Å²) in [5.41, 5.74) is 0.141. The number of fused-ring (bicyclic) bond motifs is 1. The second kappa shape index (κ2) is 8.99. The number of hydrogen-bond donors (Lipinski definition) is 2. The summed E-state index contributed by atoms with van der Waals surface area (Å²) >= 11 is 2.87. The van der Waals surface area contributed by atoms with Gasteiger partial charge in [-0.1, -0.05) is 17.4 Å². The average Bonchev–Trinajstić information content (AvgIpc) is 3.27. The minimum absolute atomic E-state index is 0.0456. The molecule has 2 N–H and O–H groups in total. The van der Waals surface area contributed by atoms with E-state index < -0.39 is 0 Å². The van der Waals surface area contributed by atoms with E-state index >= 15 is 0 Å². The molecule has 1 saturated carbocycles. The molecule has 1 aliphatic carbocycles. The summed E-state index contributed by atoms with van der Waals surface area (Å²) in [4.78, 5) is 49.4. The summed E-state index contributed by atoms with van der Waals surface area (Å²) in [6, 6.07) is 4.27. The molecule has 32 heavy (non-hydrogen) atoms. The van der Waals surface area contributed by atoms with Gasteiger partial charge in [-0.25, -0.2) is 4.98 Å². The Labute approximate surface area is 192 Å². The van der Waals surface area contributed by atoms with Gasteiger partial charge in [-0.3, -0.25) is 19.0 Å². The van der Waals surface area contributed by atoms with Crippen molar-refractivity contribution in [3.05, 3.63) is 39.1 Å². The molecule has 2 amide bonds. The topological polar surface area (TPSA) is 109 Å². The van der Waals surface area contributed by atoms with Gasteiger partial charge in [0.2, 0.25) is 11.8 Å². The zero-order chi connectivity index (χ0) is 22.1. The van der Waals surface area contributed by atoms with E-state index in [1.165, 1.54) is 22.2 Å². The summed E-state index contributed by atoms with van der Waals surface area (Å²) in [5, 5.41) is 8.61. The van der Waals surface area contributed by atoms with Gasteiger partial charge in [-0.05, 0) is 37.1 Å². The van der Waals surface area contributed by atoms with E-state index in [1.807, 2.05) is 17.5 Å². The molecule has 0 unspecified atom stereocenters. The number of anilines is 1. The van der Waals surface area contributed by atoms with Gasteiger partial charge < -0.3 is 15.5 Å². The quantitative estimate of drug-likeness (QED) is 0.542. The molecule has 1 aliphatic heterocycles. The molecule has 9 nitrogen and oxygen atoms in total. The van der Waals surface area contributed by atoms with Crippen LogP contribution in [0.5, 0.6) is 0 Å². The molecule has 0 aromatic carbocycles. The molecule has 11 heteroatoms.